The molecule has 1 unspecified atom stereocenters. The van der Waals surface area contributed by atoms with Gasteiger partial charge in [0.15, 0.2) is 0 Å². The lowest BCUT2D eigenvalue weighted by molar-refractivity contribution is 0.102. The molecule has 1 fully saturated rings. The van der Waals surface area contributed by atoms with E-state index in [4.69, 9.17) is 0 Å². The first-order valence-corrected chi connectivity index (χ1v) is 7.23. The largest absolute Gasteiger partial charge is 0.319 e. The molecule has 3 aromatic rings. The number of rotatable bonds is 4. The van der Waals surface area contributed by atoms with E-state index in [9.17, 15) is 4.79 Å². The fraction of sp³-hybridized carbons (Fsp3) is 0.357. The van der Waals surface area contributed by atoms with Crippen molar-refractivity contribution in [1.29, 1.82) is 0 Å². The predicted molar refractivity (Wildman–Crippen MR) is 79.3 cm³/mol. The average Bonchev–Trinajstić information content (AvgIpc) is 3.08. The Kier molecular flexibility index (Phi) is 2.88. The lowest BCUT2D eigenvalue weighted by Crippen LogP contribution is -2.12. The summed E-state index contributed by atoms with van der Waals surface area (Å²) in [5.74, 6) is 0.471. The van der Waals surface area contributed by atoms with Crippen molar-refractivity contribution in [3.05, 3.63) is 30.2 Å². The number of carbonyl (C=O) groups is 1. The molecular formula is C14H15N7O. The van der Waals surface area contributed by atoms with E-state index in [-0.39, 0.29) is 5.91 Å². The third kappa shape index (κ3) is 2.32. The fourth-order valence-electron chi connectivity index (χ4n) is 2.49. The van der Waals surface area contributed by atoms with E-state index < -0.39 is 0 Å². The van der Waals surface area contributed by atoms with E-state index in [0.29, 0.717) is 34.4 Å². The van der Waals surface area contributed by atoms with E-state index in [1.165, 1.54) is 19.0 Å². The van der Waals surface area contributed by atoms with E-state index >= 15 is 0 Å². The Bertz CT molecular complexity index is 832. The Balaban J connectivity index is 1.51. The van der Waals surface area contributed by atoms with Crippen LogP contribution in [-0.2, 0) is 0 Å². The first-order chi connectivity index (χ1) is 10.7. The van der Waals surface area contributed by atoms with Crippen molar-refractivity contribution in [3.63, 3.8) is 0 Å². The number of nitrogens with zero attached hydrogens (tertiary/aromatic N) is 5. The Labute approximate surface area is 125 Å². The summed E-state index contributed by atoms with van der Waals surface area (Å²) in [4.78, 5) is 16.3. The molecule has 1 aliphatic rings. The number of fused-ring (bicyclic) bond motifs is 1. The van der Waals surface area contributed by atoms with Crippen LogP contribution in [0, 0.1) is 5.92 Å². The van der Waals surface area contributed by atoms with Crippen LogP contribution in [0.4, 0.5) is 5.69 Å². The van der Waals surface area contributed by atoms with Crippen LogP contribution < -0.4 is 5.32 Å². The van der Waals surface area contributed by atoms with Crippen molar-refractivity contribution in [1.82, 2.24) is 30.2 Å². The zero-order valence-corrected chi connectivity index (χ0v) is 12.0. The van der Waals surface area contributed by atoms with E-state index in [0.717, 1.165) is 0 Å². The maximum Gasteiger partial charge on any atom is 0.257 e. The lowest BCUT2D eigenvalue weighted by atomic mass is 10.2. The van der Waals surface area contributed by atoms with Crippen LogP contribution in [0.5, 0.6) is 0 Å². The number of aromatic amines is 1. The molecular weight excluding hydrogens is 282 g/mol. The number of amides is 1. The van der Waals surface area contributed by atoms with E-state index in [1.54, 1.807) is 12.3 Å². The molecule has 4 rings (SSSR count). The summed E-state index contributed by atoms with van der Waals surface area (Å²) in [6.07, 6.45) is 7.53. The van der Waals surface area contributed by atoms with Gasteiger partial charge in [0.1, 0.15) is 5.52 Å². The van der Waals surface area contributed by atoms with Gasteiger partial charge in [0, 0.05) is 12.4 Å². The van der Waals surface area contributed by atoms with Gasteiger partial charge in [-0.15, -0.1) is 5.10 Å². The van der Waals surface area contributed by atoms with Crippen LogP contribution in [0.3, 0.4) is 0 Å². The maximum atomic E-state index is 12.3. The van der Waals surface area contributed by atoms with Crippen LogP contribution in [0.25, 0.3) is 11.2 Å². The fourth-order valence-corrected chi connectivity index (χ4v) is 2.49. The number of carbonyl (C=O) groups excluding carboxylic acids is 1. The van der Waals surface area contributed by atoms with Gasteiger partial charge in [-0.25, -0.2) is 4.98 Å². The normalized spacial score (nSPS) is 15.9. The first-order valence-electron chi connectivity index (χ1n) is 7.23. The zero-order valence-electron chi connectivity index (χ0n) is 12.0. The number of nitrogens with one attached hydrogen (secondary N) is 2. The zero-order chi connectivity index (χ0) is 15.1. The highest BCUT2D eigenvalue weighted by Gasteiger charge is 2.29. The van der Waals surface area contributed by atoms with Gasteiger partial charge in [-0.1, -0.05) is 0 Å². The summed E-state index contributed by atoms with van der Waals surface area (Å²) >= 11 is 0. The summed E-state index contributed by atoms with van der Waals surface area (Å²) in [5.41, 5.74) is 2.16. The highest BCUT2D eigenvalue weighted by molar-refractivity contribution is 6.05. The minimum Gasteiger partial charge on any atom is -0.319 e. The van der Waals surface area contributed by atoms with Gasteiger partial charge in [-0.3, -0.25) is 9.48 Å². The molecule has 1 aliphatic carbocycles. The molecule has 8 nitrogen and oxygen atoms in total. The Morgan fingerprint density at radius 3 is 3.09 bits per heavy atom. The SMILES string of the molecule is CC(C1CC1)n1cc(NC(=O)c2cnc3n[nH]nc3c2)cn1. The highest BCUT2D eigenvalue weighted by atomic mass is 16.1. The second-order valence-corrected chi connectivity index (χ2v) is 5.63. The smallest absolute Gasteiger partial charge is 0.257 e. The van der Waals surface area contributed by atoms with Crippen LogP contribution in [0.1, 0.15) is 36.2 Å². The summed E-state index contributed by atoms with van der Waals surface area (Å²) in [6, 6.07) is 2.03. The molecule has 0 aliphatic heterocycles. The van der Waals surface area contributed by atoms with Crippen LogP contribution in [0.2, 0.25) is 0 Å². The molecule has 112 valence electrons. The van der Waals surface area contributed by atoms with E-state index in [2.05, 4.69) is 37.7 Å². The predicted octanol–water partition coefficient (Wildman–Crippen LogP) is 1.77. The minimum atomic E-state index is -0.240. The molecule has 0 radical (unpaired) electrons. The van der Waals surface area contributed by atoms with Crippen molar-refractivity contribution in [2.24, 2.45) is 5.92 Å². The van der Waals surface area contributed by atoms with Gasteiger partial charge in [-0.05, 0) is 31.7 Å². The number of hydrogen-bond acceptors (Lipinski definition) is 5. The Morgan fingerprint density at radius 2 is 2.27 bits per heavy atom. The number of H-pyrrole nitrogens is 1. The van der Waals surface area contributed by atoms with Crippen LogP contribution >= 0.6 is 0 Å². The molecule has 3 aromatic heterocycles. The summed E-state index contributed by atoms with van der Waals surface area (Å²) in [6.45, 7) is 2.15. The van der Waals surface area contributed by atoms with Crippen molar-refractivity contribution >= 4 is 22.8 Å². The van der Waals surface area contributed by atoms with Crippen LogP contribution in [-0.4, -0.2) is 36.1 Å². The lowest BCUT2D eigenvalue weighted by Gasteiger charge is -2.09. The molecule has 3 heterocycles. The van der Waals surface area contributed by atoms with Crippen molar-refractivity contribution in [2.75, 3.05) is 5.32 Å². The maximum absolute atomic E-state index is 12.3. The standard InChI is InChI=1S/C14H15N7O/c1-8(9-2-3-9)21-7-11(6-16-21)17-14(22)10-4-12-13(15-5-10)19-20-18-12/h4-9H,2-3H2,1H3,(H,17,22)(H,15,18,19,20). The monoisotopic (exact) mass is 297 g/mol. The highest BCUT2D eigenvalue weighted by Crippen LogP contribution is 2.39. The van der Waals surface area contributed by atoms with Gasteiger partial charge >= 0.3 is 0 Å². The number of anilines is 1. The molecule has 0 saturated heterocycles. The molecule has 1 saturated carbocycles. The quantitative estimate of drug-likeness (QED) is 0.764. The molecule has 1 atom stereocenters. The van der Waals surface area contributed by atoms with Gasteiger partial charge in [-0.2, -0.15) is 15.4 Å². The Hall–Kier alpha value is -2.77. The van der Waals surface area contributed by atoms with E-state index in [1.807, 2.05) is 10.9 Å². The summed E-state index contributed by atoms with van der Waals surface area (Å²) in [5, 5.41) is 17.4. The number of hydrogen-bond donors (Lipinski definition) is 2. The van der Waals surface area contributed by atoms with Gasteiger partial charge in [0.05, 0.1) is 23.5 Å². The molecule has 8 heteroatoms. The van der Waals surface area contributed by atoms with Crippen LogP contribution in [0.15, 0.2) is 24.7 Å². The van der Waals surface area contributed by atoms with Gasteiger partial charge in [0.2, 0.25) is 5.65 Å². The third-order valence-electron chi connectivity index (χ3n) is 4.02. The molecule has 0 spiro atoms. The second kappa shape index (κ2) is 4.90. The molecule has 22 heavy (non-hydrogen) atoms. The Morgan fingerprint density at radius 1 is 1.41 bits per heavy atom. The average molecular weight is 297 g/mol. The van der Waals surface area contributed by atoms with Gasteiger partial charge < -0.3 is 5.32 Å². The first kappa shape index (κ1) is 12.9. The van der Waals surface area contributed by atoms with Crippen molar-refractivity contribution < 1.29 is 4.79 Å². The molecule has 1 amide bonds. The van der Waals surface area contributed by atoms with Gasteiger partial charge in [0.25, 0.3) is 5.91 Å². The topological polar surface area (TPSA) is 101 Å². The summed E-state index contributed by atoms with van der Waals surface area (Å²) in [7, 11) is 0. The molecule has 0 bridgehead atoms. The number of pyridine rings is 1. The van der Waals surface area contributed by atoms with Crippen molar-refractivity contribution in [3.8, 4) is 0 Å². The minimum absolute atomic E-state index is 0.240. The van der Waals surface area contributed by atoms with Crippen molar-refractivity contribution in [2.45, 2.75) is 25.8 Å². The molecule has 0 aromatic carbocycles. The second-order valence-electron chi connectivity index (χ2n) is 5.63. The summed E-state index contributed by atoms with van der Waals surface area (Å²) < 4.78 is 1.91. The number of aromatic nitrogens is 6. The third-order valence-corrected chi connectivity index (χ3v) is 4.02. The molecule has 2 N–H and O–H groups in total.